The molecule has 0 spiro atoms. The minimum atomic E-state index is -0.0271. The lowest BCUT2D eigenvalue weighted by atomic mass is 9.89. The maximum Gasteiger partial charge on any atom is 0.144 e. The average Bonchev–Trinajstić information content (AvgIpc) is 2.45. The first kappa shape index (κ1) is 13.9. The van der Waals surface area contributed by atoms with E-state index in [4.69, 9.17) is 4.74 Å². The molecule has 1 unspecified atom stereocenters. The molecule has 0 bridgehead atoms. The van der Waals surface area contributed by atoms with Gasteiger partial charge in [-0.3, -0.25) is 4.79 Å². The summed E-state index contributed by atoms with van der Waals surface area (Å²) in [6, 6.07) is 14.3. The van der Waals surface area contributed by atoms with Gasteiger partial charge in [0.15, 0.2) is 0 Å². The number of aryl methyl sites for hydroxylation is 2. The summed E-state index contributed by atoms with van der Waals surface area (Å²) < 4.78 is 5.72. The van der Waals surface area contributed by atoms with Gasteiger partial charge in [0.2, 0.25) is 0 Å². The minimum absolute atomic E-state index is 0.0271. The van der Waals surface area contributed by atoms with E-state index < -0.39 is 0 Å². The van der Waals surface area contributed by atoms with Crippen LogP contribution >= 0.6 is 0 Å². The van der Waals surface area contributed by atoms with Crippen LogP contribution in [0.3, 0.4) is 0 Å². The maximum absolute atomic E-state index is 12.5. The molecule has 0 saturated carbocycles. The third-order valence-corrected chi connectivity index (χ3v) is 3.99. The Labute approximate surface area is 125 Å². The number of ketones is 1. The number of rotatable bonds is 3. The number of fused-ring (bicyclic) bond motifs is 1. The molecule has 2 aromatic rings. The summed E-state index contributed by atoms with van der Waals surface area (Å²) in [6.45, 7) is 4.64. The van der Waals surface area contributed by atoms with Gasteiger partial charge in [0, 0.05) is 6.42 Å². The van der Waals surface area contributed by atoms with Crippen molar-refractivity contribution in [1.82, 2.24) is 0 Å². The first-order chi connectivity index (χ1) is 10.1. The van der Waals surface area contributed by atoms with E-state index >= 15 is 0 Å². The van der Waals surface area contributed by atoms with E-state index in [0.717, 1.165) is 23.3 Å². The van der Waals surface area contributed by atoms with E-state index in [2.05, 4.69) is 32.0 Å². The summed E-state index contributed by atoms with van der Waals surface area (Å²) in [5, 5.41) is 0. The van der Waals surface area contributed by atoms with Gasteiger partial charge in [0.1, 0.15) is 11.5 Å². The van der Waals surface area contributed by atoms with Gasteiger partial charge in [-0.25, -0.2) is 0 Å². The molecule has 2 aromatic carbocycles. The Hall–Kier alpha value is -2.09. The smallest absolute Gasteiger partial charge is 0.144 e. The molecule has 0 aromatic heterocycles. The van der Waals surface area contributed by atoms with Crippen LogP contribution in [-0.4, -0.2) is 12.4 Å². The van der Waals surface area contributed by atoms with Crippen LogP contribution in [0.15, 0.2) is 42.5 Å². The maximum atomic E-state index is 12.5. The van der Waals surface area contributed by atoms with Gasteiger partial charge in [-0.2, -0.15) is 0 Å². The van der Waals surface area contributed by atoms with Gasteiger partial charge in [0.25, 0.3) is 0 Å². The van der Waals surface area contributed by atoms with Crippen LogP contribution in [0, 0.1) is 19.8 Å². The quantitative estimate of drug-likeness (QED) is 0.857. The molecule has 3 rings (SSSR count). The molecule has 108 valence electrons. The molecule has 1 heterocycles. The molecule has 2 nitrogen and oxygen atoms in total. The summed E-state index contributed by atoms with van der Waals surface area (Å²) in [4.78, 5) is 12.5. The van der Waals surface area contributed by atoms with Gasteiger partial charge in [-0.05, 0) is 37.5 Å². The number of benzene rings is 2. The molecule has 2 heteroatoms. The van der Waals surface area contributed by atoms with Crippen LogP contribution in [0.1, 0.15) is 22.3 Å². The molecule has 1 aliphatic heterocycles. The molecule has 1 aliphatic rings. The molecule has 1 atom stereocenters. The lowest BCUT2D eigenvalue weighted by Gasteiger charge is -2.24. The van der Waals surface area contributed by atoms with Crippen molar-refractivity contribution in [3.8, 4) is 5.75 Å². The summed E-state index contributed by atoms with van der Waals surface area (Å²) in [7, 11) is 0. The van der Waals surface area contributed by atoms with Crippen molar-refractivity contribution < 1.29 is 9.53 Å². The fourth-order valence-electron chi connectivity index (χ4n) is 3.05. The Balaban J connectivity index is 1.72. The van der Waals surface area contributed by atoms with Gasteiger partial charge in [-0.15, -0.1) is 0 Å². The van der Waals surface area contributed by atoms with Crippen LogP contribution in [0.4, 0.5) is 0 Å². The van der Waals surface area contributed by atoms with E-state index in [0.29, 0.717) is 13.0 Å². The van der Waals surface area contributed by atoms with Crippen molar-refractivity contribution in [1.29, 1.82) is 0 Å². The molecular weight excluding hydrogens is 260 g/mol. The normalized spacial score (nSPS) is 17.0. The number of ether oxygens (including phenoxy) is 1. The SMILES string of the molecule is Cc1cc(C)cc(CC(=O)C2COc3ccccc3C2)c1. The number of Topliss-reactive ketones (excluding diaryl/α,β-unsaturated/α-hetero) is 1. The second kappa shape index (κ2) is 5.72. The summed E-state index contributed by atoms with van der Waals surface area (Å²) in [5.74, 6) is 1.17. The summed E-state index contributed by atoms with van der Waals surface area (Å²) >= 11 is 0. The molecule has 21 heavy (non-hydrogen) atoms. The van der Waals surface area contributed by atoms with Crippen LogP contribution < -0.4 is 4.74 Å². The van der Waals surface area contributed by atoms with Crippen molar-refractivity contribution in [2.75, 3.05) is 6.61 Å². The lowest BCUT2D eigenvalue weighted by molar-refractivity contribution is -0.123. The molecule has 0 saturated heterocycles. The number of carbonyl (C=O) groups is 1. The Bertz CT molecular complexity index is 653. The van der Waals surface area contributed by atoms with Crippen LogP contribution in [-0.2, 0) is 17.6 Å². The monoisotopic (exact) mass is 280 g/mol. The van der Waals surface area contributed by atoms with E-state index in [1.807, 2.05) is 24.3 Å². The van der Waals surface area contributed by atoms with E-state index in [1.165, 1.54) is 11.1 Å². The molecule has 0 amide bonds. The third kappa shape index (κ3) is 3.15. The van der Waals surface area contributed by atoms with Gasteiger partial charge in [0.05, 0.1) is 12.5 Å². The van der Waals surface area contributed by atoms with Crippen molar-refractivity contribution in [3.63, 3.8) is 0 Å². The van der Waals surface area contributed by atoms with E-state index in [-0.39, 0.29) is 11.7 Å². The zero-order chi connectivity index (χ0) is 14.8. The molecule has 0 fully saturated rings. The number of carbonyl (C=O) groups excluding carboxylic acids is 1. The second-order valence-electron chi connectivity index (χ2n) is 5.96. The standard InChI is InChI=1S/C19H20O2/c1-13-7-14(2)9-15(8-13)10-18(20)17-11-16-5-3-4-6-19(16)21-12-17/h3-9,17H,10-12H2,1-2H3. The fraction of sp³-hybridized carbons (Fsp3) is 0.316. The van der Waals surface area contributed by atoms with Crippen molar-refractivity contribution in [2.24, 2.45) is 5.92 Å². The van der Waals surface area contributed by atoms with Crippen molar-refractivity contribution >= 4 is 5.78 Å². The summed E-state index contributed by atoms with van der Waals surface area (Å²) in [6.07, 6.45) is 1.29. The van der Waals surface area contributed by atoms with Gasteiger partial charge < -0.3 is 4.74 Å². The van der Waals surface area contributed by atoms with Crippen LogP contribution in [0.5, 0.6) is 5.75 Å². The third-order valence-electron chi connectivity index (χ3n) is 3.99. The highest BCUT2D eigenvalue weighted by Gasteiger charge is 2.25. The number of hydrogen-bond acceptors (Lipinski definition) is 2. The average molecular weight is 280 g/mol. The molecule has 0 N–H and O–H groups in total. The number of hydrogen-bond donors (Lipinski definition) is 0. The lowest BCUT2D eigenvalue weighted by Crippen LogP contribution is -2.29. The highest BCUT2D eigenvalue weighted by molar-refractivity contribution is 5.84. The first-order valence-corrected chi connectivity index (χ1v) is 7.42. The molecule has 0 aliphatic carbocycles. The second-order valence-corrected chi connectivity index (χ2v) is 5.96. The summed E-state index contributed by atoms with van der Waals surface area (Å²) in [5.41, 5.74) is 4.67. The highest BCUT2D eigenvalue weighted by Crippen LogP contribution is 2.27. The Morgan fingerprint density at radius 1 is 1.14 bits per heavy atom. The van der Waals surface area contributed by atoms with Crippen molar-refractivity contribution in [2.45, 2.75) is 26.7 Å². The first-order valence-electron chi connectivity index (χ1n) is 7.42. The largest absolute Gasteiger partial charge is 0.493 e. The van der Waals surface area contributed by atoms with Crippen LogP contribution in [0.25, 0.3) is 0 Å². The Kier molecular flexibility index (Phi) is 3.78. The van der Waals surface area contributed by atoms with Gasteiger partial charge in [-0.1, -0.05) is 47.5 Å². The predicted octanol–water partition coefficient (Wildman–Crippen LogP) is 3.67. The predicted molar refractivity (Wildman–Crippen MR) is 83.8 cm³/mol. The zero-order valence-corrected chi connectivity index (χ0v) is 12.6. The Morgan fingerprint density at radius 3 is 2.62 bits per heavy atom. The minimum Gasteiger partial charge on any atom is -0.493 e. The fourth-order valence-corrected chi connectivity index (χ4v) is 3.05. The van der Waals surface area contributed by atoms with Gasteiger partial charge >= 0.3 is 0 Å². The van der Waals surface area contributed by atoms with Crippen LogP contribution in [0.2, 0.25) is 0 Å². The Morgan fingerprint density at radius 2 is 1.86 bits per heavy atom. The molecular formula is C19H20O2. The van der Waals surface area contributed by atoms with Crippen molar-refractivity contribution in [3.05, 3.63) is 64.7 Å². The van der Waals surface area contributed by atoms with E-state index in [9.17, 15) is 4.79 Å². The highest BCUT2D eigenvalue weighted by atomic mass is 16.5. The zero-order valence-electron chi connectivity index (χ0n) is 12.6. The molecule has 0 radical (unpaired) electrons. The number of para-hydroxylation sites is 1. The van der Waals surface area contributed by atoms with E-state index in [1.54, 1.807) is 0 Å². The topological polar surface area (TPSA) is 26.3 Å².